The molecule has 0 saturated carbocycles. The van der Waals surface area contributed by atoms with E-state index in [-0.39, 0.29) is 0 Å². The Bertz CT molecular complexity index is 886. The first-order chi connectivity index (χ1) is 10.3. The van der Waals surface area contributed by atoms with E-state index in [0.29, 0.717) is 28.8 Å². The summed E-state index contributed by atoms with van der Waals surface area (Å²) in [6.45, 7) is 1.03. The molecule has 104 valence electrons. The summed E-state index contributed by atoms with van der Waals surface area (Å²) >= 11 is 5.36. The maximum atomic E-state index is 9.57. The first-order valence-corrected chi connectivity index (χ1v) is 6.94. The number of rotatable bonds is 3. The van der Waals surface area contributed by atoms with Gasteiger partial charge in [0.25, 0.3) is 0 Å². The van der Waals surface area contributed by atoms with Gasteiger partial charge in [0.05, 0.1) is 12.0 Å². The maximum Gasteiger partial charge on any atom is 0.130 e. The van der Waals surface area contributed by atoms with E-state index in [0.717, 1.165) is 16.8 Å². The average Bonchev–Trinajstić information content (AvgIpc) is 2.83. The molecule has 2 aromatic heterocycles. The number of nitriles is 1. The molecule has 0 amide bonds. The van der Waals surface area contributed by atoms with E-state index in [2.05, 4.69) is 16.0 Å². The zero-order valence-corrected chi connectivity index (χ0v) is 12.0. The van der Waals surface area contributed by atoms with Gasteiger partial charge in [0, 0.05) is 13.1 Å². The van der Waals surface area contributed by atoms with Crippen molar-refractivity contribution in [2.24, 2.45) is 5.73 Å². The monoisotopic (exact) mass is 295 g/mol. The highest BCUT2D eigenvalue weighted by molar-refractivity contribution is 7.71. The molecule has 0 bridgehead atoms. The van der Waals surface area contributed by atoms with Crippen molar-refractivity contribution >= 4 is 23.3 Å². The third kappa shape index (κ3) is 2.13. The number of nitrogens with two attached hydrogens (primary N) is 1. The summed E-state index contributed by atoms with van der Waals surface area (Å²) in [6.07, 6.45) is 1.52. The molecular weight excluding hydrogens is 282 g/mol. The van der Waals surface area contributed by atoms with Crippen molar-refractivity contribution in [1.82, 2.24) is 14.5 Å². The third-order valence-electron chi connectivity index (χ3n) is 3.35. The fourth-order valence-corrected chi connectivity index (χ4v) is 2.80. The molecule has 2 heterocycles. The number of hydrogen-bond acceptors (Lipinski definition) is 4. The molecule has 5 nitrogen and oxygen atoms in total. The molecule has 0 aliphatic heterocycles. The molecule has 6 heteroatoms. The fourth-order valence-electron chi connectivity index (χ4n) is 2.54. The molecule has 3 N–H and O–H groups in total. The van der Waals surface area contributed by atoms with Crippen molar-refractivity contribution < 1.29 is 0 Å². The van der Waals surface area contributed by atoms with Gasteiger partial charge < -0.3 is 15.3 Å². The van der Waals surface area contributed by atoms with E-state index in [4.69, 9.17) is 18.0 Å². The second-order valence-electron chi connectivity index (χ2n) is 4.57. The smallest absolute Gasteiger partial charge is 0.130 e. The van der Waals surface area contributed by atoms with Crippen LogP contribution in [-0.2, 0) is 6.54 Å². The Balaban J connectivity index is 2.48. The van der Waals surface area contributed by atoms with E-state index in [9.17, 15) is 5.26 Å². The quantitative estimate of drug-likeness (QED) is 0.727. The van der Waals surface area contributed by atoms with Crippen LogP contribution in [0.25, 0.3) is 22.3 Å². The van der Waals surface area contributed by atoms with Gasteiger partial charge in [0.1, 0.15) is 27.3 Å². The van der Waals surface area contributed by atoms with Crippen molar-refractivity contribution in [1.29, 1.82) is 5.26 Å². The molecule has 3 aromatic rings. The summed E-state index contributed by atoms with van der Waals surface area (Å²) in [7, 11) is 0. The average molecular weight is 295 g/mol. The highest BCUT2D eigenvalue weighted by atomic mass is 32.1. The van der Waals surface area contributed by atoms with Gasteiger partial charge in [-0.2, -0.15) is 5.26 Å². The normalized spacial score (nSPS) is 10.7. The van der Waals surface area contributed by atoms with Crippen molar-refractivity contribution in [2.75, 3.05) is 6.54 Å². The zero-order valence-electron chi connectivity index (χ0n) is 11.2. The Morgan fingerprint density at radius 2 is 2.10 bits per heavy atom. The van der Waals surface area contributed by atoms with Crippen molar-refractivity contribution in [3.8, 4) is 17.3 Å². The second kappa shape index (κ2) is 5.48. The Kier molecular flexibility index (Phi) is 3.52. The molecule has 0 unspecified atom stereocenters. The predicted molar refractivity (Wildman–Crippen MR) is 84.1 cm³/mol. The van der Waals surface area contributed by atoms with Crippen molar-refractivity contribution in [3.63, 3.8) is 0 Å². The number of hydrogen-bond donors (Lipinski definition) is 2. The number of nitrogens with one attached hydrogen (secondary N) is 1. The van der Waals surface area contributed by atoms with Crippen LogP contribution in [0.3, 0.4) is 0 Å². The highest BCUT2D eigenvalue weighted by Crippen LogP contribution is 2.32. The van der Waals surface area contributed by atoms with Gasteiger partial charge >= 0.3 is 0 Å². The molecular formula is C15H13N5S. The van der Waals surface area contributed by atoms with E-state index in [1.54, 1.807) is 0 Å². The number of fused-ring (bicyclic) bond motifs is 1. The lowest BCUT2D eigenvalue weighted by molar-refractivity contribution is 0.739. The lowest BCUT2D eigenvalue weighted by atomic mass is 10.1. The molecule has 0 fully saturated rings. The molecule has 0 saturated heterocycles. The molecule has 0 aliphatic rings. The third-order valence-corrected chi connectivity index (χ3v) is 3.67. The van der Waals surface area contributed by atoms with Crippen LogP contribution in [0.15, 0.2) is 36.7 Å². The van der Waals surface area contributed by atoms with E-state index in [1.807, 2.05) is 34.9 Å². The van der Waals surface area contributed by atoms with Gasteiger partial charge in [-0.1, -0.05) is 42.5 Å². The number of aromatic amines is 1. The van der Waals surface area contributed by atoms with Crippen LogP contribution in [0, 0.1) is 16.0 Å². The summed E-state index contributed by atoms with van der Waals surface area (Å²) in [4.78, 5) is 7.22. The summed E-state index contributed by atoms with van der Waals surface area (Å²) in [6, 6.07) is 12.0. The standard InChI is InChI=1S/C15H13N5S/c16-6-7-20-13(10-4-2-1-3-5-10)11(8-17)12-14(20)15(21)19-9-18-12/h1-5,9H,6-7,16H2,(H,18,19,21). The molecule has 1 aromatic carbocycles. The van der Waals surface area contributed by atoms with Crippen LogP contribution in [-0.4, -0.2) is 21.1 Å². The molecule has 3 rings (SSSR count). The van der Waals surface area contributed by atoms with Gasteiger partial charge in [-0.25, -0.2) is 4.98 Å². The summed E-state index contributed by atoms with van der Waals surface area (Å²) in [5.41, 5.74) is 9.41. The lowest BCUT2D eigenvalue weighted by Gasteiger charge is -2.09. The number of aromatic nitrogens is 3. The maximum absolute atomic E-state index is 9.57. The molecule has 0 aliphatic carbocycles. The Labute approximate surface area is 126 Å². The van der Waals surface area contributed by atoms with Gasteiger partial charge in [-0.3, -0.25) is 0 Å². The van der Waals surface area contributed by atoms with Crippen LogP contribution in [0.2, 0.25) is 0 Å². The van der Waals surface area contributed by atoms with Gasteiger partial charge in [-0.05, 0) is 5.56 Å². The topological polar surface area (TPSA) is 83.4 Å². The van der Waals surface area contributed by atoms with E-state index < -0.39 is 0 Å². The highest BCUT2D eigenvalue weighted by Gasteiger charge is 2.20. The van der Waals surface area contributed by atoms with Crippen LogP contribution >= 0.6 is 12.2 Å². The number of nitrogens with zero attached hydrogens (tertiary/aromatic N) is 3. The summed E-state index contributed by atoms with van der Waals surface area (Å²) in [5, 5.41) is 9.57. The van der Waals surface area contributed by atoms with Crippen LogP contribution in [0.5, 0.6) is 0 Å². The first kappa shape index (κ1) is 13.5. The van der Waals surface area contributed by atoms with Crippen molar-refractivity contribution in [2.45, 2.75) is 6.54 Å². The summed E-state index contributed by atoms with van der Waals surface area (Å²) in [5.74, 6) is 0. The second-order valence-corrected chi connectivity index (χ2v) is 4.98. The predicted octanol–water partition coefficient (Wildman–Crippen LogP) is 2.59. The minimum atomic E-state index is 0.456. The van der Waals surface area contributed by atoms with Gasteiger partial charge in [0.2, 0.25) is 0 Å². The van der Waals surface area contributed by atoms with E-state index in [1.165, 1.54) is 6.33 Å². The molecule has 0 spiro atoms. The Morgan fingerprint density at radius 3 is 2.76 bits per heavy atom. The molecule has 0 radical (unpaired) electrons. The zero-order chi connectivity index (χ0) is 14.8. The fraction of sp³-hybridized carbons (Fsp3) is 0.133. The SMILES string of the molecule is N#Cc1c(-c2ccccc2)n(CCN)c2c(=S)[nH]cnc12. The number of benzene rings is 1. The van der Waals surface area contributed by atoms with Crippen LogP contribution < -0.4 is 5.73 Å². The van der Waals surface area contributed by atoms with E-state index >= 15 is 0 Å². The minimum Gasteiger partial charge on any atom is -0.336 e. The molecule has 21 heavy (non-hydrogen) atoms. The largest absolute Gasteiger partial charge is 0.336 e. The Morgan fingerprint density at radius 1 is 1.33 bits per heavy atom. The summed E-state index contributed by atoms with van der Waals surface area (Å²) < 4.78 is 2.54. The number of H-pyrrole nitrogens is 1. The van der Waals surface area contributed by atoms with Crippen LogP contribution in [0.1, 0.15) is 5.56 Å². The van der Waals surface area contributed by atoms with Crippen molar-refractivity contribution in [3.05, 3.63) is 46.9 Å². The molecule has 0 atom stereocenters. The Hall–Kier alpha value is -2.49. The van der Waals surface area contributed by atoms with Gasteiger partial charge in [0.15, 0.2) is 0 Å². The van der Waals surface area contributed by atoms with Crippen LogP contribution in [0.4, 0.5) is 0 Å². The van der Waals surface area contributed by atoms with Gasteiger partial charge in [-0.15, -0.1) is 0 Å². The lowest BCUT2D eigenvalue weighted by Crippen LogP contribution is -2.11. The minimum absolute atomic E-state index is 0.456. The first-order valence-electron chi connectivity index (χ1n) is 6.53.